The van der Waals surface area contributed by atoms with Crippen LogP contribution in [0.2, 0.25) is 0 Å². The molecule has 0 atom stereocenters. The largest absolute Gasteiger partial charge is 0.378 e. The van der Waals surface area contributed by atoms with Gasteiger partial charge in [-0.2, -0.15) is 0 Å². The van der Waals surface area contributed by atoms with Gasteiger partial charge in [-0.15, -0.1) is 0 Å². The average molecular weight is 410 g/mol. The normalized spacial score (nSPS) is 37.4. The van der Waals surface area contributed by atoms with Crippen LogP contribution < -0.4 is 0 Å². The van der Waals surface area contributed by atoms with Gasteiger partial charge >= 0.3 is 0 Å². The number of nitrogens with zero attached hydrogens (tertiary/aromatic N) is 1. The van der Waals surface area contributed by atoms with E-state index in [9.17, 15) is 0 Å². The first kappa shape index (κ1) is 22.0. The number of hydrogen-bond acceptors (Lipinski definition) is 5. The Morgan fingerprint density at radius 1 is 0.759 bits per heavy atom. The minimum atomic E-state index is -0.0361. The van der Waals surface area contributed by atoms with E-state index >= 15 is 0 Å². The Kier molecular flexibility index (Phi) is 5.87. The highest BCUT2D eigenvalue weighted by Gasteiger charge is 2.67. The molecule has 4 saturated carbocycles. The summed E-state index contributed by atoms with van der Waals surface area (Å²) in [5.74, 6) is 0. The van der Waals surface area contributed by atoms with E-state index in [1.165, 1.54) is 19.3 Å². The summed E-state index contributed by atoms with van der Waals surface area (Å²) in [6.45, 7) is 18.6. The van der Waals surface area contributed by atoms with E-state index in [-0.39, 0.29) is 11.1 Å². The van der Waals surface area contributed by atoms with Gasteiger partial charge in [-0.1, -0.05) is 0 Å². The molecule has 1 aliphatic heterocycles. The molecule has 2 bridgehead atoms. The quantitative estimate of drug-likeness (QED) is 0.510. The van der Waals surface area contributed by atoms with Crippen LogP contribution in [-0.4, -0.2) is 73.9 Å². The van der Waals surface area contributed by atoms with Gasteiger partial charge in [-0.05, 0) is 84.5 Å². The maximum Gasteiger partial charge on any atom is 0.0830 e. The van der Waals surface area contributed by atoms with Crippen molar-refractivity contribution >= 4 is 0 Å². The molecule has 5 fully saturated rings. The van der Waals surface area contributed by atoms with Crippen molar-refractivity contribution in [2.24, 2.45) is 10.8 Å². The molecule has 0 unspecified atom stereocenters. The van der Waals surface area contributed by atoms with E-state index in [1.807, 2.05) is 0 Å². The monoisotopic (exact) mass is 409 g/mol. The van der Waals surface area contributed by atoms with Crippen molar-refractivity contribution in [3.8, 4) is 0 Å². The maximum absolute atomic E-state index is 6.19. The Hall–Kier alpha value is -0.200. The van der Waals surface area contributed by atoms with E-state index in [2.05, 4.69) is 46.4 Å². The van der Waals surface area contributed by atoms with Gasteiger partial charge < -0.3 is 18.9 Å². The summed E-state index contributed by atoms with van der Waals surface area (Å²) in [6.07, 6.45) is 7.21. The van der Waals surface area contributed by atoms with Gasteiger partial charge in [0.25, 0.3) is 0 Å². The van der Waals surface area contributed by atoms with Crippen molar-refractivity contribution in [1.29, 1.82) is 0 Å². The van der Waals surface area contributed by atoms with Gasteiger partial charge in [0.2, 0.25) is 0 Å². The molecule has 1 saturated heterocycles. The molecule has 1 heterocycles. The van der Waals surface area contributed by atoms with E-state index in [0.29, 0.717) is 29.1 Å². The number of hydrogen-bond donors (Lipinski definition) is 0. The van der Waals surface area contributed by atoms with Gasteiger partial charge in [-0.25, -0.2) is 0 Å². The van der Waals surface area contributed by atoms with Gasteiger partial charge in [0.15, 0.2) is 0 Å². The van der Waals surface area contributed by atoms with E-state index < -0.39 is 0 Å². The summed E-state index contributed by atoms with van der Waals surface area (Å²) in [7, 11) is 0. The Morgan fingerprint density at radius 2 is 1.38 bits per heavy atom. The second kappa shape index (κ2) is 7.74. The molecule has 168 valence electrons. The molecule has 0 amide bonds. The second-order valence-electron chi connectivity index (χ2n) is 12.4. The summed E-state index contributed by atoms with van der Waals surface area (Å²) >= 11 is 0. The fourth-order valence-corrected chi connectivity index (χ4v) is 5.74. The van der Waals surface area contributed by atoms with Crippen LogP contribution in [0.4, 0.5) is 0 Å². The molecule has 0 N–H and O–H groups in total. The van der Waals surface area contributed by atoms with Gasteiger partial charge in [0, 0.05) is 18.6 Å². The van der Waals surface area contributed by atoms with Crippen LogP contribution in [0.1, 0.15) is 73.6 Å². The molecule has 5 rings (SSSR count). The highest BCUT2D eigenvalue weighted by atomic mass is 16.5. The predicted molar refractivity (Wildman–Crippen MR) is 114 cm³/mol. The van der Waals surface area contributed by atoms with Crippen molar-refractivity contribution < 1.29 is 18.9 Å². The number of likely N-dealkylation sites (tertiary alicyclic amines) is 1. The molecule has 0 radical (unpaired) electrons. The first-order valence-corrected chi connectivity index (χ1v) is 11.7. The predicted octanol–water partition coefficient (Wildman–Crippen LogP) is 4.04. The minimum Gasteiger partial charge on any atom is -0.378 e. The first-order valence-electron chi connectivity index (χ1n) is 11.7. The molecule has 29 heavy (non-hydrogen) atoms. The summed E-state index contributed by atoms with van der Waals surface area (Å²) < 4.78 is 24.1. The van der Waals surface area contributed by atoms with Crippen molar-refractivity contribution in [2.45, 2.75) is 103 Å². The van der Waals surface area contributed by atoms with Gasteiger partial charge in [0.1, 0.15) is 0 Å². The molecular weight excluding hydrogens is 366 g/mol. The molecule has 0 spiro atoms. The van der Waals surface area contributed by atoms with Crippen LogP contribution in [0.3, 0.4) is 0 Å². The lowest BCUT2D eigenvalue weighted by atomic mass is 9.35. The third-order valence-corrected chi connectivity index (χ3v) is 7.23. The molecule has 0 aromatic heterocycles. The van der Waals surface area contributed by atoms with E-state index in [0.717, 1.165) is 52.4 Å². The second-order valence-corrected chi connectivity index (χ2v) is 12.4. The summed E-state index contributed by atoms with van der Waals surface area (Å²) in [5, 5.41) is 0. The highest BCUT2D eigenvalue weighted by Crippen LogP contribution is 2.73. The number of ether oxygens (including phenoxy) is 4. The average Bonchev–Trinajstić information content (AvgIpc) is 2.42. The Bertz CT molecular complexity index is 547. The summed E-state index contributed by atoms with van der Waals surface area (Å²) in [4.78, 5) is 2.46. The van der Waals surface area contributed by atoms with Crippen LogP contribution in [-0.2, 0) is 18.9 Å². The van der Waals surface area contributed by atoms with Crippen LogP contribution in [0, 0.1) is 10.8 Å². The van der Waals surface area contributed by atoms with Crippen molar-refractivity contribution in [3.63, 3.8) is 0 Å². The zero-order chi connectivity index (χ0) is 20.9. The van der Waals surface area contributed by atoms with Crippen molar-refractivity contribution in [3.05, 3.63) is 0 Å². The lowest BCUT2D eigenvalue weighted by molar-refractivity contribution is -0.267. The molecule has 5 nitrogen and oxygen atoms in total. The lowest BCUT2D eigenvalue weighted by Crippen LogP contribution is -2.66. The third kappa shape index (κ3) is 5.17. The number of rotatable bonds is 10. The van der Waals surface area contributed by atoms with Gasteiger partial charge in [0.05, 0.1) is 50.3 Å². The Labute approximate surface area is 177 Å². The van der Waals surface area contributed by atoms with Gasteiger partial charge in [-0.3, -0.25) is 4.90 Å². The maximum atomic E-state index is 6.19. The SMILES string of the molecule is CC(C)(C)OC1CC(OCC23CC(COCCOC4CN(C(C)(C)C)C4)(C2)C3)C1. The highest BCUT2D eigenvalue weighted by molar-refractivity contribution is 5.17. The summed E-state index contributed by atoms with van der Waals surface area (Å²) in [5.41, 5.74) is 1.16. The zero-order valence-corrected chi connectivity index (χ0v) is 19.6. The molecule has 0 aromatic rings. The van der Waals surface area contributed by atoms with E-state index in [4.69, 9.17) is 18.9 Å². The van der Waals surface area contributed by atoms with Crippen LogP contribution >= 0.6 is 0 Å². The molecular formula is C24H43NO4. The molecule has 0 aromatic carbocycles. The standard InChI is InChI=1S/C24H43NO4/c1-21(2,3)25-11-20(12-25)27-8-7-26-16-23-13-24(14-23,15-23)17-28-18-9-19(10-18)29-22(4,5)6/h18-20H,7-17H2,1-6H3. The zero-order valence-electron chi connectivity index (χ0n) is 19.6. The minimum absolute atomic E-state index is 0.0361. The van der Waals surface area contributed by atoms with E-state index in [1.54, 1.807) is 0 Å². The van der Waals surface area contributed by atoms with Crippen molar-refractivity contribution in [2.75, 3.05) is 39.5 Å². The smallest absolute Gasteiger partial charge is 0.0830 e. The van der Waals surface area contributed by atoms with Crippen LogP contribution in [0.25, 0.3) is 0 Å². The lowest BCUT2D eigenvalue weighted by Gasteiger charge is -2.70. The molecule has 5 aliphatic rings. The van der Waals surface area contributed by atoms with Crippen LogP contribution in [0.5, 0.6) is 0 Å². The fraction of sp³-hybridized carbons (Fsp3) is 1.00. The fourth-order valence-electron chi connectivity index (χ4n) is 5.74. The van der Waals surface area contributed by atoms with Crippen LogP contribution in [0.15, 0.2) is 0 Å². The molecule has 4 aliphatic carbocycles. The summed E-state index contributed by atoms with van der Waals surface area (Å²) in [6, 6.07) is 0. The first-order chi connectivity index (χ1) is 13.5. The molecule has 5 heteroatoms. The Morgan fingerprint density at radius 3 is 1.97 bits per heavy atom. The van der Waals surface area contributed by atoms with Crippen molar-refractivity contribution in [1.82, 2.24) is 4.90 Å². The Balaban J connectivity index is 0.994. The topological polar surface area (TPSA) is 40.2 Å². The third-order valence-electron chi connectivity index (χ3n) is 7.23.